The number of fused-ring (bicyclic) bond motifs is 1. The first-order valence-corrected chi connectivity index (χ1v) is 8.60. The number of hydrogen-bond donors (Lipinski definition) is 1. The third-order valence-corrected chi connectivity index (χ3v) is 4.13. The van der Waals surface area contributed by atoms with Crippen molar-refractivity contribution in [2.24, 2.45) is 7.05 Å². The van der Waals surface area contributed by atoms with Crippen molar-refractivity contribution in [3.05, 3.63) is 64.6 Å². The second-order valence-corrected chi connectivity index (χ2v) is 5.96. The molecule has 26 heavy (non-hydrogen) atoms. The van der Waals surface area contributed by atoms with E-state index in [1.54, 1.807) is 31.4 Å². The lowest BCUT2D eigenvalue weighted by atomic mass is 10.1. The van der Waals surface area contributed by atoms with Crippen molar-refractivity contribution in [2.45, 2.75) is 19.8 Å². The Morgan fingerprint density at radius 1 is 1.19 bits per heavy atom. The highest BCUT2D eigenvalue weighted by Gasteiger charge is 2.23. The van der Waals surface area contributed by atoms with E-state index in [2.05, 4.69) is 17.2 Å². The first-order valence-electron chi connectivity index (χ1n) is 8.60. The number of unbranched alkanes of at least 4 members (excludes halogenated alkanes) is 1. The maximum absolute atomic E-state index is 12.9. The van der Waals surface area contributed by atoms with Crippen LogP contribution in [0.2, 0.25) is 0 Å². The highest BCUT2D eigenvalue weighted by Crippen LogP contribution is 2.28. The number of aryl methyl sites for hydroxylation is 1. The van der Waals surface area contributed by atoms with Crippen molar-refractivity contribution in [3.63, 3.8) is 0 Å². The molecule has 0 saturated carbocycles. The Labute approximate surface area is 151 Å². The predicted octanol–water partition coefficient (Wildman–Crippen LogP) is 3.36. The number of ether oxygens (including phenoxy) is 1. The summed E-state index contributed by atoms with van der Waals surface area (Å²) in [6.45, 7) is 2.50. The van der Waals surface area contributed by atoms with Crippen molar-refractivity contribution in [1.29, 1.82) is 0 Å². The number of hydrogen-bond acceptors (Lipinski definition) is 4. The Bertz CT molecular complexity index is 981. The molecule has 0 saturated heterocycles. The molecule has 0 aliphatic carbocycles. The van der Waals surface area contributed by atoms with Gasteiger partial charge in [0.05, 0.1) is 12.1 Å². The largest absolute Gasteiger partial charge is 0.492 e. The average Bonchev–Trinajstić information content (AvgIpc) is 2.66. The third kappa shape index (κ3) is 3.44. The van der Waals surface area contributed by atoms with Crippen LogP contribution in [0.15, 0.2) is 53.5 Å². The molecule has 6 heteroatoms. The molecule has 1 aromatic carbocycles. The second kappa shape index (κ2) is 7.82. The summed E-state index contributed by atoms with van der Waals surface area (Å²) in [5.41, 5.74) is 0.315. The van der Waals surface area contributed by atoms with Gasteiger partial charge in [0, 0.05) is 18.6 Å². The van der Waals surface area contributed by atoms with E-state index in [0.29, 0.717) is 18.2 Å². The fourth-order valence-corrected chi connectivity index (χ4v) is 2.75. The van der Waals surface area contributed by atoms with E-state index < -0.39 is 11.5 Å². The standard InChI is InChI=1S/C20H21N3O3/c1-3-4-13-26-18-14-9-5-6-10-15(14)23(2)20(25)17(18)19(24)22-16-11-7-8-12-21-16/h5-12H,3-4,13H2,1-2H3,(H,21,22,24). The molecule has 1 amide bonds. The van der Waals surface area contributed by atoms with Gasteiger partial charge in [0.2, 0.25) is 0 Å². The van der Waals surface area contributed by atoms with Crippen molar-refractivity contribution in [1.82, 2.24) is 9.55 Å². The molecule has 0 aliphatic rings. The van der Waals surface area contributed by atoms with Crippen molar-refractivity contribution >= 4 is 22.6 Å². The number of rotatable bonds is 6. The summed E-state index contributed by atoms with van der Waals surface area (Å²) < 4.78 is 7.36. The highest BCUT2D eigenvalue weighted by atomic mass is 16.5. The molecule has 0 aliphatic heterocycles. The van der Waals surface area contributed by atoms with E-state index in [-0.39, 0.29) is 5.56 Å². The fraction of sp³-hybridized carbons (Fsp3) is 0.250. The van der Waals surface area contributed by atoms with Crippen LogP contribution < -0.4 is 15.6 Å². The monoisotopic (exact) mass is 351 g/mol. The van der Waals surface area contributed by atoms with Crippen LogP contribution in [0.3, 0.4) is 0 Å². The van der Waals surface area contributed by atoms with E-state index in [0.717, 1.165) is 23.7 Å². The molecule has 0 atom stereocenters. The summed E-state index contributed by atoms with van der Waals surface area (Å²) in [6.07, 6.45) is 3.37. The molecule has 3 rings (SSSR count). The first kappa shape index (κ1) is 17.7. The van der Waals surface area contributed by atoms with Gasteiger partial charge in [-0.3, -0.25) is 9.59 Å². The Kier molecular flexibility index (Phi) is 5.31. The zero-order chi connectivity index (χ0) is 18.5. The lowest BCUT2D eigenvalue weighted by molar-refractivity contribution is 0.102. The fourth-order valence-electron chi connectivity index (χ4n) is 2.75. The van der Waals surface area contributed by atoms with E-state index in [4.69, 9.17) is 4.74 Å². The number of amides is 1. The van der Waals surface area contributed by atoms with Crippen LogP contribution in [0.1, 0.15) is 30.1 Å². The van der Waals surface area contributed by atoms with Gasteiger partial charge in [-0.15, -0.1) is 0 Å². The molecule has 0 fully saturated rings. The Morgan fingerprint density at radius 3 is 2.69 bits per heavy atom. The van der Waals surface area contributed by atoms with Gasteiger partial charge in [0.15, 0.2) is 0 Å². The van der Waals surface area contributed by atoms with Gasteiger partial charge in [-0.25, -0.2) is 4.98 Å². The number of benzene rings is 1. The van der Waals surface area contributed by atoms with Crippen LogP contribution >= 0.6 is 0 Å². The number of anilines is 1. The summed E-state index contributed by atoms with van der Waals surface area (Å²) in [6, 6.07) is 12.6. The van der Waals surface area contributed by atoms with Gasteiger partial charge < -0.3 is 14.6 Å². The molecule has 2 heterocycles. The summed E-state index contributed by atoms with van der Waals surface area (Å²) >= 11 is 0. The normalized spacial score (nSPS) is 10.7. The number of nitrogens with one attached hydrogen (secondary N) is 1. The van der Waals surface area contributed by atoms with Gasteiger partial charge in [0.25, 0.3) is 11.5 Å². The molecular formula is C20H21N3O3. The number of para-hydroxylation sites is 1. The van der Waals surface area contributed by atoms with Crippen LogP contribution in [0.4, 0.5) is 5.82 Å². The Morgan fingerprint density at radius 2 is 1.96 bits per heavy atom. The van der Waals surface area contributed by atoms with Gasteiger partial charge in [-0.2, -0.15) is 0 Å². The Hall–Kier alpha value is -3.15. The summed E-state index contributed by atoms with van der Waals surface area (Å²) in [7, 11) is 1.65. The van der Waals surface area contributed by atoms with Gasteiger partial charge in [-0.1, -0.05) is 31.5 Å². The summed E-state index contributed by atoms with van der Waals surface area (Å²) in [5.74, 6) is 0.180. The van der Waals surface area contributed by atoms with Crippen LogP contribution in [-0.2, 0) is 7.05 Å². The Balaban J connectivity index is 2.12. The highest BCUT2D eigenvalue weighted by molar-refractivity contribution is 6.08. The number of nitrogens with zero attached hydrogens (tertiary/aromatic N) is 2. The topological polar surface area (TPSA) is 73.2 Å². The lowest BCUT2D eigenvalue weighted by Crippen LogP contribution is -2.29. The average molecular weight is 351 g/mol. The molecule has 2 aromatic heterocycles. The minimum atomic E-state index is -0.526. The first-order chi connectivity index (χ1) is 12.6. The summed E-state index contributed by atoms with van der Waals surface area (Å²) in [4.78, 5) is 29.8. The number of aromatic nitrogens is 2. The minimum Gasteiger partial charge on any atom is -0.492 e. The molecule has 6 nitrogen and oxygen atoms in total. The molecule has 1 N–H and O–H groups in total. The zero-order valence-electron chi connectivity index (χ0n) is 14.9. The summed E-state index contributed by atoms with van der Waals surface area (Å²) in [5, 5.41) is 3.41. The maximum atomic E-state index is 12.9. The van der Waals surface area contributed by atoms with Gasteiger partial charge >= 0.3 is 0 Å². The maximum Gasteiger partial charge on any atom is 0.267 e. The van der Waals surface area contributed by atoms with E-state index in [9.17, 15) is 9.59 Å². The van der Waals surface area contributed by atoms with E-state index in [1.807, 2.05) is 24.3 Å². The van der Waals surface area contributed by atoms with Crippen molar-refractivity contribution < 1.29 is 9.53 Å². The van der Waals surface area contributed by atoms with Crippen LogP contribution in [0, 0.1) is 0 Å². The molecule has 0 unspecified atom stereocenters. The molecular weight excluding hydrogens is 330 g/mol. The molecule has 0 bridgehead atoms. The van der Waals surface area contributed by atoms with Crippen LogP contribution in [0.5, 0.6) is 5.75 Å². The molecule has 3 aromatic rings. The molecule has 0 spiro atoms. The van der Waals surface area contributed by atoms with Gasteiger partial charge in [0.1, 0.15) is 17.1 Å². The smallest absolute Gasteiger partial charge is 0.267 e. The number of carbonyl (C=O) groups excluding carboxylic acids is 1. The predicted molar refractivity (Wildman–Crippen MR) is 102 cm³/mol. The third-order valence-electron chi connectivity index (χ3n) is 4.13. The quantitative estimate of drug-likeness (QED) is 0.691. The second-order valence-electron chi connectivity index (χ2n) is 5.96. The molecule has 134 valence electrons. The van der Waals surface area contributed by atoms with E-state index in [1.165, 1.54) is 4.57 Å². The number of pyridine rings is 2. The lowest BCUT2D eigenvalue weighted by Gasteiger charge is -2.16. The minimum absolute atomic E-state index is 0.00652. The van der Waals surface area contributed by atoms with Gasteiger partial charge in [-0.05, 0) is 30.7 Å². The van der Waals surface area contributed by atoms with E-state index >= 15 is 0 Å². The number of carbonyl (C=O) groups is 1. The SMILES string of the molecule is CCCCOc1c(C(=O)Nc2ccccn2)c(=O)n(C)c2ccccc12. The molecule has 0 radical (unpaired) electrons. The van der Waals surface area contributed by atoms with Crippen LogP contribution in [-0.4, -0.2) is 22.1 Å². The zero-order valence-corrected chi connectivity index (χ0v) is 14.9. The van der Waals surface area contributed by atoms with Crippen molar-refractivity contribution in [3.8, 4) is 5.75 Å². The van der Waals surface area contributed by atoms with Crippen molar-refractivity contribution in [2.75, 3.05) is 11.9 Å². The van der Waals surface area contributed by atoms with Crippen LogP contribution in [0.25, 0.3) is 10.9 Å².